The van der Waals surface area contributed by atoms with Gasteiger partial charge in [0.25, 0.3) is 0 Å². The molecule has 3 aromatic carbocycles. The van der Waals surface area contributed by atoms with Crippen LogP contribution in [0.3, 0.4) is 0 Å². The number of quaternary nitrogens is 1. The Labute approximate surface area is 185 Å². The molecule has 3 rings (SSSR count). The summed E-state index contributed by atoms with van der Waals surface area (Å²) in [5, 5.41) is 0.803. The van der Waals surface area contributed by atoms with Crippen LogP contribution < -0.4 is 28.9 Å². The molecule has 0 saturated heterocycles. The maximum absolute atomic E-state index is 6.01. The van der Waals surface area contributed by atoms with Crippen molar-refractivity contribution in [3.8, 4) is 0 Å². The third-order valence-electron chi connectivity index (χ3n) is 4.83. The van der Waals surface area contributed by atoms with E-state index in [4.69, 9.17) is 11.6 Å². The molecule has 0 amide bonds. The minimum absolute atomic E-state index is 0. The van der Waals surface area contributed by atoms with Gasteiger partial charge in [0.1, 0.15) is 13.1 Å². The summed E-state index contributed by atoms with van der Waals surface area (Å²) in [5.41, 5.74) is 6.77. The first-order valence-corrected chi connectivity index (χ1v) is 9.65. The average molecular weight is 492 g/mol. The molecule has 0 unspecified atom stereocenters. The van der Waals surface area contributed by atoms with E-state index in [2.05, 4.69) is 74.5 Å². The Kier molecular flexibility index (Phi) is 8.81. The lowest BCUT2D eigenvalue weighted by Crippen LogP contribution is -3.09. The molecule has 0 atom stereocenters. The molecule has 1 N–H and O–H groups in total. The lowest BCUT2D eigenvalue weighted by Gasteiger charge is -2.20. The van der Waals surface area contributed by atoms with Crippen molar-refractivity contribution in [1.29, 1.82) is 0 Å². The van der Waals surface area contributed by atoms with Crippen LogP contribution in [0.5, 0.6) is 0 Å². The fraction of sp³-hybridized carbons (Fsp3) is 0.250. The van der Waals surface area contributed by atoms with E-state index in [0.717, 1.165) is 31.1 Å². The van der Waals surface area contributed by atoms with Gasteiger partial charge in [0, 0.05) is 22.6 Å². The van der Waals surface area contributed by atoms with Crippen LogP contribution in [-0.2, 0) is 19.5 Å². The van der Waals surface area contributed by atoms with Crippen molar-refractivity contribution >= 4 is 11.6 Å². The summed E-state index contributed by atoms with van der Waals surface area (Å²) in [6.07, 6.45) is 1.06. The van der Waals surface area contributed by atoms with Gasteiger partial charge in [-0.25, -0.2) is 0 Å². The van der Waals surface area contributed by atoms with Crippen LogP contribution in [0.25, 0.3) is 0 Å². The predicted molar refractivity (Wildman–Crippen MR) is 111 cm³/mol. The van der Waals surface area contributed by atoms with E-state index in [1.54, 1.807) is 4.90 Å². The van der Waals surface area contributed by atoms with Crippen molar-refractivity contribution in [2.45, 2.75) is 33.4 Å². The fourth-order valence-corrected chi connectivity index (χ4v) is 3.33. The topological polar surface area (TPSA) is 4.44 Å². The minimum atomic E-state index is 0. The van der Waals surface area contributed by atoms with Gasteiger partial charge in [-0.15, -0.1) is 0 Å². The van der Waals surface area contributed by atoms with Gasteiger partial charge in [-0.2, -0.15) is 0 Å². The summed E-state index contributed by atoms with van der Waals surface area (Å²) < 4.78 is 0. The summed E-state index contributed by atoms with van der Waals surface area (Å²) >= 11 is 6.01. The molecule has 0 radical (unpaired) electrons. The molecule has 0 aliphatic heterocycles. The van der Waals surface area contributed by atoms with E-state index < -0.39 is 0 Å². The Bertz CT molecular complexity index is 763. The first kappa shape index (κ1) is 21.9. The molecule has 3 aromatic rings. The van der Waals surface area contributed by atoms with E-state index in [9.17, 15) is 0 Å². The molecule has 3 heteroatoms. The number of nitrogens with one attached hydrogen (secondary N) is 1. The van der Waals surface area contributed by atoms with E-state index >= 15 is 0 Å². The first-order chi connectivity index (χ1) is 12.6. The Morgan fingerprint density at radius 3 is 1.48 bits per heavy atom. The maximum atomic E-state index is 6.01. The Balaban J connectivity index is 0.00000261. The van der Waals surface area contributed by atoms with E-state index in [-0.39, 0.29) is 24.0 Å². The molecule has 0 aliphatic rings. The summed E-state index contributed by atoms with van der Waals surface area (Å²) in [7, 11) is 0. The zero-order chi connectivity index (χ0) is 18.4. The van der Waals surface area contributed by atoms with Crippen LogP contribution in [0.15, 0.2) is 72.8 Å². The van der Waals surface area contributed by atoms with Gasteiger partial charge in [-0.05, 0) is 31.5 Å². The highest BCUT2D eigenvalue weighted by molar-refractivity contribution is 6.30. The lowest BCUT2D eigenvalue weighted by atomic mass is 10.1. The third kappa shape index (κ3) is 7.28. The normalized spacial score (nSPS) is 10.7. The van der Waals surface area contributed by atoms with Crippen LogP contribution in [0.4, 0.5) is 0 Å². The van der Waals surface area contributed by atoms with Crippen LogP contribution in [0.2, 0.25) is 5.02 Å². The number of hydrogen-bond donors (Lipinski definition) is 1. The Morgan fingerprint density at radius 1 is 0.630 bits per heavy atom. The zero-order valence-corrected chi connectivity index (χ0v) is 18.9. The van der Waals surface area contributed by atoms with Gasteiger partial charge in [0.2, 0.25) is 0 Å². The van der Waals surface area contributed by atoms with Gasteiger partial charge in [0.05, 0.1) is 6.54 Å². The second-order valence-corrected chi connectivity index (χ2v) is 7.64. The van der Waals surface area contributed by atoms with Crippen LogP contribution in [0.1, 0.15) is 27.8 Å². The number of aryl methyl sites for hydroxylation is 2. The Morgan fingerprint density at radius 2 is 1.04 bits per heavy atom. The molecule has 0 aromatic heterocycles. The first-order valence-electron chi connectivity index (χ1n) is 9.27. The fourth-order valence-electron chi connectivity index (χ4n) is 3.20. The molecule has 0 saturated carbocycles. The molecule has 0 aliphatic carbocycles. The maximum Gasteiger partial charge on any atom is 0.103 e. The molecule has 1 nitrogen and oxygen atoms in total. The van der Waals surface area contributed by atoms with Gasteiger partial charge in [0.15, 0.2) is 0 Å². The molecule has 142 valence electrons. The van der Waals surface area contributed by atoms with Crippen LogP contribution in [-0.4, -0.2) is 6.54 Å². The van der Waals surface area contributed by atoms with Crippen LogP contribution in [0, 0.1) is 13.8 Å². The molecule has 0 heterocycles. The van der Waals surface area contributed by atoms with Crippen LogP contribution >= 0.6 is 11.6 Å². The number of hydrogen-bond acceptors (Lipinski definition) is 0. The minimum Gasteiger partial charge on any atom is -1.00 e. The van der Waals surface area contributed by atoms with Crippen molar-refractivity contribution in [3.63, 3.8) is 0 Å². The van der Waals surface area contributed by atoms with Gasteiger partial charge in [-0.3, -0.25) is 0 Å². The van der Waals surface area contributed by atoms with Gasteiger partial charge < -0.3 is 28.9 Å². The van der Waals surface area contributed by atoms with Gasteiger partial charge in [-0.1, -0.05) is 83.4 Å². The highest BCUT2D eigenvalue weighted by Crippen LogP contribution is 2.09. The zero-order valence-electron chi connectivity index (χ0n) is 16.0. The monoisotopic (exact) mass is 491 g/mol. The molecule has 0 bridgehead atoms. The second kappa shape index (κ2) is 10.8. The Hall–Kier alpha value is -1.36. The summed E-state index contributed by atoms with van der Waals surface area (Å²) in [6.45, 7) is 7.47. The number of halogens is 2. The average Bonchev–Trinajstić information content (AvgIpc) is 2.65. The van der Waals surface area contributed by atoms with Crippen molar-refractivity contribution in [3.05, 3.63) is 106 Å². The van der Waals surface area contributed by atoms with Crippen molar-refractivity contribution < 1.29 is 28.9 Å². The molecular formula is C24H27ClIN. The smallest absolute Gasteiger partial charge is 0.103 e. The standard InChI is InChI=1S/C24H26ClN.HI/c1-19-3-7-22(8-4-19)17-26(18-23-9-5-20(2)6-10-23)16-15-21-11-13-24(25)14-12-21;/h3-14H,15-18H2,1-2H3;1H. The van der Waals surface area contributed by atoms with Crippen molar-refractivity contribution in [1.82, 2.24) is 0 Å². The summed E-state index contributed by atoms with van der Waals surface area (Å²) in [5.74, 6) is 0. The number of benzene rings is 3. The highest BCUT2D eigenvalue weighted by Gasteiger charge is 2.11. The van der Waals surface area contributed by atoms with Crippen molar-refractivity contribution in [2.24, 2.45) is 0 Å². The molecular weight excluding hydrogens is 465 g/mol. The van der Waals surface area contributed by atoms with E-state index in [1.807, 2.05) is 12.1 Å². The molecule has 0 fully saturated rings. The van der Waals surface area contributed by atoms with Gasteiger partial charge >= 0.3 is 0 Å². The SMILES string of the molecule is Cc1ccc(C[NH+](CCc2ccc(Cl)cc2)Cc2ccc(C)cc2)cc1.[I-]. The highest BCUT2D eigenvalue weighted by atomic mass is 127. The van der Waals surface area contributed by atoms with E-state index in [1.165, 1.54) is 27.8 Å². The predicted octanol–water partition coefficient (Wildman–Crippen LogP) is 1.79. The summed E-state index contributed by atoms with van der Waals surface area (Å²) in [4.78, 5) is 1.58. The van der Waals surface area contributed by atoms with E-state index in [0.29, 0.717) is 0 Å². The number of rotatable bonds is 7. The largest absolute Gasteiger partial charge is 1.00 e. The summed E-state index contributed by atoms with van der Waals surface area (Å²) in [6, 6.07) is 26.1. The lowest BCUT2D eigenvalue weighted by molar-refractivity contribution is -0.927. The molecule has 0 spiro atoms. The third-order valence-corrected chi connectivity index (χ3v) is 5.08. The van der Waals surface area contributed by atoms with Crippen molar-refractivity contribution in [2.75, 3.05) is 6.54 Å². The second-order valence-electron chi connectivity index (χ2n) is 7.20. The molecule has 27 heavy (non-hydrogen) atoms. The quantitative estimate of drug-likeness (QED) is 0.481.